The first-order valence-corrected chi connectivity index (χ1v) is 8.80. The van der Waals surface area contributed by atoms with Crippen molar-refractivity contribution in [2.45, 2.75) is 85.4 Å². The van der Waals surface area contributed by atoms with Crippen LogP contribution in [0.4, 0.5) is 0 Å². The van der Waals surface area contributed by atoms with Crippen molar-refractivity contribution >= 4 is 0 Å². The second-order valence-corrected chi connectivity index (χ2v) is 8.62. The van der Waals surface area contributed by atoms with Crippen LogP contribution in [0.25, 0.3) is 0 Å². The van der Waals surface area contributed by atoms with Gasteiger partial charge in [0, 0.05) is 31.2 Å². The summed E-state index contributed by atoms with van der Waals surface area (Å²) in [6.07, 6.45) is 5.82. The molecular weight excluding hydrogens is 244 g/mol. The van der Waals surface area contributed by atoms with Gasteiger partial charge in [-0.25, -0.2) is 0 Å². The van der Waals surface area contributed by atoms with Crippen LogP contribution < -0.4 is 5.32 Å². The van der Waals surface area contributed by atoms with Gasteiger partial charge >= 0.3 is 0 Å². The van der Waals surface area contributed by atoms with E-state index in [-0.39, 0.29) is 0 Å². The molecule has 1 aliphatic heterocycles. The molecule has 1 saturated carbocycles. The second kappa shape index (κ2) is 6.36. The van der Waals surface area contributed by atoms with Crippen molar-refractivity contribution in [2.75, 3.05) is 13.1 Å². The molecule has 1 N–H and O–H groups in total. The molecule has 118 valence electrons. The van der Waals surface area contributed by atoms with Crippen LogP contribution in [-0.4, -0.2) is 36.1 Å². The van der Waals surface area contributed by atoms with Crippen LogP contribution in [0.15, 0.2) is 0 Å². The largest absolute Gasteiger partial charge is 0.311 e. The van der Waals surface area contributed by atoms with E-state index in [4.69, 9.17) is 0 Å². The third-order valence-corrected chi connectivity index (χ3v) is 5.81. The van der Waals surface area contributed by atoms with Gasteiger partial charge in [-0.3, -0.25) is 4.90 Å². The predicted molar refractivity (Wildman–Crippen MR) is 88.0 cm³/mol. The van der Waals surface area contributed by atoms with Crippen molar-refractivity contribution in [1.82, 2.24) is 10.2 Å². The molecule has 0 aromatic rings. The van der Waals surface area contributed by atoms with Crippen LogP contribution >= 0.6 is 0 Å². The SMILES string of the molecule is CC(C)C1CNC(C(C)(C)C)CN1C(C)C1CCCC1. The Hall–Kier alpha value is -0.0800. The van der Waals surface area contributed by atoms with E-state index in [0.29, 0.717) is 17.5 Å². The smallest absolute Gasteiger partial charge is 0.0247 e. The highest BCUT2D eigenvalue weighted by molar-refractivity contribution is 4.96. The van der Waals surface area contributed by atoms with Gasteiger partial charge < -0.3 is 5.32 Å². The summed E-state index contributed by atoms with van der Waals surface area (Å²) >= 11 is 0. The molecule has 3 unspecified atom stereocenters. The Labute approximate surface area is 126 Å². The molecule has 0 radical (unpaired) electrons. The third kappa shape index (κ3) is 3.57. The van der Waals surface area contributed by atoms with Crippen molar-refractivity contribution < 1.29 is 0 Å². The van der Waals surface area contributed by atoms with Gasteiger partial charge in [-0.1, -0.05) is 47.5 Å². The van der Waals surface area contributed by atoms with Crippen molar-refractivity contribution in [2.24, 2.45) is 17.3 Å². The minimum Gasteiger partial charge on any atom is -0.311 e. The molecule has 20 heavy (non-hydrogen) atoms. The van der Waals surface area contributed by atoms with Gasteiger partial charge in [0.05, 0.1) is 0 Å². The molecule has 0 aromatic carbocycles. The highest BCUT2D eigenvalue weighted by Gasteiger charge is 2.39. The summed E-state index contributed by atoms with van der Waals surface area (Å²) in [6, 6.07) is 2.10. The fourth-order valence-electron chi connectivity index (χ4n) is 4.17. The van der Waals surface area contributed by atoms with Crippen LogP contribution in [0.2, 0.25) is 0 Å². The molecule has 2 rings (SSSR count). The first-order valence-electron chi connectivity index (χ1n) is 8.80. The maximum Gasteiger partial charge on any atom is 0.0247 e. The summed E-state index contributed by atoms with van der Waals surface area (Å²) < 4.78 is 0. The maximum atomic E-state index is 3.82. The summed E-state index contributed by atoms with van der Waals surface area (Å²) in [4.78, 5) is 2.85. The number of hydrogen-bond donors (Lipinski definition) is 1. The Morgan fingerprint density at radius 3 is 2.15 bits per heavy atom. The lowest BCUT2D eigenvalue weighted by Gasteiger charge is -2.50. The monoisotopic (exact) mass is 280 g/mol. The maximum absolute atomic E-state index is 3.82. The third-order valence-electron chi connectivity index (χ3n) is 5.81. The molecule has 2 heteroatoms. The lowest BCUT2D eigenvalue weighted by Crippen LogP contribution is -2.64. The molecule has 0 spiro atoms. The van der Waals surface area contributed by atoms with Crippen LogP contribution in [-0.2, 0) is 0 Å². The molecule has 1 heterocycles. The Morgan fingerprint density at radius 2 is 1.65 bits per heavy atom. The summed E-state index contributed by atoms with van der Waals surface area (Å²) in [7, 11) is 0. The minimum atomic E-state index is 0.357. The quantitative estimate of drug-likeness (QED) is 0.843. The molecule has 0 amide bonds. The zero-order valence-corrected chi connectivity index (χ0v) is 14.6. The summed E-state index contributed by atoms with van der Waals surface area (Å²) in [5.41, 5.74) is 0.357. The van der Waals surface area contributed by atoms with Crippen molar-refractivity contribution in [1.29, 1.82) is 0 Å². The summed E-state index contributed by atoms with van der Waals surface area (Å²) in [6.45, 7) is 16.8. The van der Waals surface area contributed by atoms with Crippen LogP contribution in [0.5, 0.6) is 0 Å². The molecule has 3 atom stereocenters. The lowest BCUT2D eigenvalue weighted by molar-refractivity contribution is 0.0155. The van der Waals surface area contributed by atoms with Crippen LogP contribution in [0.3, 0.4) is 0 Å². The van der Waals surface area contributed by atoms with Gasteiger partial charge in [0.25, 0.3) is 0 Å². The molecule has 2 fully saturated rings. The Balaban J connectivity index is 2.09. The number of piperazine rings is 1. The average molecular weight is 281 g/mol. The standard InChI is InChI=1S/C18H36N2/c1-13(2)16-11-19-17(18(4,5)6)12-20(16)14(3)15-9-7-8-10-15/h13-17,19H,7-12H2,1-6H3. The van der Waals surface area contributed by atoms with E-state index in [9.17, 15) is 0 Å². The number of rotatable bonds is 3. The number of hydrogen-bond acceptors (Lipinski definition) is 2. The van der Waals surface area contributed by atoms with Crippen molar-refractivity contribution in [3.05, 3.63) is 0 Å². The summed E-state index contributed by atoms with van der Waals surface area (Å²) in [5, 5.41) is 3.82. The molecule has 2 aliphatic rings. The van der Waals surface area contributed by atoms with Gasteiger partial charge in [0.2, 0.25) is 0 Å². The Bertz CT molecular complexity index is 299. The lowest BCUT2D eigenvalue weighted by atomic mass is 9.82. The van der Waals surface area contributed by atoms with E-state index in [2.05, 4.69) is 51.8 Å². The molecule has 1 saturated heterocycles. The first kappa shape index (κ1) is 16.3. The van der Waals surface area contributed by atoms with Gasteiger partial charge in [0.1, 0.15) is 0 Å². The Kier molecular flexibility index (Phi) is 5.18. The van der Waals surface area contributed by atoms with Crippen molar-refractivity contribution in [3.63, 3.8) is 0 Å². The zero-order valence-electron chi connectivity index (χ0n) is 14.6. The van der Waals surface area contributed by atoms with Crippen molar-refractivity contribution in [3.8, 4) is 0 Å². The first-order chi connectivity index (χ1) is 9.30. The fourth-order valence-corrected chi connectivity index (χ4v) is 4.17. The highest BCUT2D eigenvalue weighted by Crippen LogP contribution is 2.34. The number of nitrogens with zero attached hydrogens (tertiary/aromatic N) is 1. The topological polar surface area (TPSA) is 15.3 Å². The molecule has 1 aliphatic carbocycles. The van der Waals surface area contributed by atoms with E-state index in [1.165, 1.54) is 32.2 Å². The fraction of sp³-hybridized carbons (Fsp3) is 1.00. The highest BCUT2D eigenvalue weighted by atomic mass is 15.3. The van der Waals surface area contributed by atoms with E-state index in [0.717, 1.165) is 24.4 Å². The molecule has 0 bridgehead atoms. The van der Waals surface area contributed by atoms with Crippen LogP contribution in [0, 0.1) is 17.3 Å². The van der Waals surface area contributed by atoms with E-state index >= 15 is 0 Å². The van der Waals surface area contributed by atoms with Gasteiger partial charge in [0.15, 0.2) is 0 Å². The zero-order chi connectivity index (χ0) is 14.9. The average Bonchev–Trinajstić information content (AvgIpc) is 2.89. The van der Waals surface area contributed by atoms with Gasteiger partial charge in [-0.2, -0.15) is 0 Å². The van der Waals surface area contributed by atoms with Gasteiger partial charge in [-0.15, -0.1) is 0 Å². The van der Waals surface area contributed by atoms with E-state index < -0.39 is 0 Å². The van der Waals surface area contributed by atoms with E-state index in [1.54, 1.807) is 0 Å². The normalized spacial score (nSPS) is 31.9. The summed E-state index contributed by atoms with van der Waals surface area (Å²) in [5.74, 6) is 1.68. The molecular formula is C18H36N2. The second-order valence-electron chi connectivity index (χ2n) is 8.62. The van der Waals surface area contributed by atoms with E-state index in [1.807, 2.05) is 0 Å². The van der Waals surface area contributed by atoms with Crippen LogP contribution in [0.1, 0.15) is 67.2 Å². The van der Waals surface area contributed by atoms with Gasteiger partial charge in [-0.05, 0) is 37.0 Å². The Morgan fingerprint density at radius 1 is 1.05 bits per heavy atom. The number of nitrogens with one attached hydrogen (secondary N) is 1. The molecule has 0 aromatic heterocycles. The predicted octanol–water partition coefficient (Wildman–Crippen LogP) is 3.91. The molecule has 2 nitrogen and oxygen atoms in total. The minimum absolute atomic E-state index is 0.357.